The van der Waals surface area contributed by atoms with Gasteiger partial charge in [0.1, 0.15) is 0 Å². The van der Waals surface area contributed by atoms with Crippen LogP contribution >= 0.6 is 0 Å². The molecular formula is C15H25N3. The van der Waals surface area contributed by atoms with Crippen LogP contribution in [-0.2, 0) is 6.42 Å². The number of hydrogen-bond acceptors (Lipinski definition) is 3. The molecule has 0 radical (unpaired) electrons. The van der Waals surface area contributed by atoms with Crippen molar-refractivity contribution in [3.8, 4) is 0 Å². The molecule has 0 aromatic carbocycles. The van der Waals surface area contributed by atoms with Crippen LogP contribution in [0.1, 0.15) is 50.6 Å². The van der Waals surface area contributed by atoms with Crippen molar-refractivity contribution in [2.45, 2.75) is 57.4 Å². The number of aryl methyl sites for hydroxylation is 1. The van der Waals surface area contributed by atoms with Crippen LogP contribution in [0.3, 0.4) is 0 Å². The van der Waals surface area contributed by atoms with Gasteiger partial charge in [-0.25, -0.2) is 0 Å². The second-order valence-electron chi connectivity index (χ2n) is 5.38. The summed E-state index contributed by atoms with van der Waals surface area (Å²) in [4.78, 5) is 4.38. The first-order valence-corrected chi connectivity index (χ1v) is 7.26. The molecule has 1 fully saturated rings. The Labute approximate surface area is 110 Å². The molecule has 18 heavy (non-hydrogen) atoms. The summed E-state index contributed by atoms with van der Waals surface area (Å²) in [7, 11) is 0. The van der Waals surface area contributed by atoms with Crippen molar-refractivity contribution < 1.29 is 0 Å². The standard InChI is InChI=1S/C15H25N3/c16-18-15(13-7-3-1-2-4-8-13)11-10-14-9-5-6-12-17-14/h5-6,9,12-13,15,18H,1-4,7-8,10-11,16H2. The van der Waals surface area contributed by atoms with E-state index >= 15 is 0 Å². The van der Waals surface area contributed by atoms with Crippen LogP contribution in [0.5, 0.6) is 0 Å². The van der Waals surface area contributed by atoms with Crippen LogP contribution in [0, 0.1) is 5.92 Å². The minimum Gasteiger partial charge on any atom is -0.271 e. The molecule has 0 spiro atoms. The summed E-state index contributed by atoms with van der Waals surface area (Å²) < 4.78 is 0. The Bertz CT molecular complexity index is 318. The first-order valence-electron chi connectivity index (χ1n) is 7.26. The zero-order chi connectivity index (χ0) is 12.6. The van der Waals surface area contributed by atoms with Crippen molar-refractivity contribution in [3.05, 3.63) is 30.1 Å². The van der Waals surface area contributed by atoms with E-state index in [1.807, 2.05) is 12.3 Å². The summed E-state index contributed by atoms with van der Waals surface area (Å²) >= 11 is 0. The normalized spacial score (nSPS) is 19.4. The Kier molecular flexibility index (Phi) is 5.62. The Morgan fingerprint density at radius 2 is 2.00 bits per heavy atom. The maximum absolute atomic E-state index is 5.75. The van der Waals surface area contributed by atoms with Gasteiger partial charge in [-0.1, -0.05) is 31.7 Å². The van der Waals surface area contributed by atoms with E-state index < -0.39 is 0 Å². The highest BCUT2D eigenvalue weighted by molar-refractivity contribution is 5.03. The molecular weight excluding hydrogens is 222 g/mol. The quantitative estimate of drug-likeness (QED) is 0.478. The van der Waals surface area contributed by atoms with Crippen LogP contribution in [0.25, 0.3) is 0 Å². The molecule has 1 atom stereocenters. The fourth-order valence-corrected chi connectivity index (χ4v) is 3.02. The summed E-state index contributed by atoms with van der Waals surface area (Å²) in [6.45, 7) is 0. The van der Waals surface area contributed by atoms with Crippen LogP contribution in [-0.4, -0.2) is 11.0 Å². The van der Waals surface area contributed by atoms with Gasteiger partial charge in [-0.05, 0) is 43.7 Å². The minimum atomic E-state index is 0.449. The first-order chi connectivity index (χ1) is 8.90. The highest BCUT2D eigenvalue weighted by Gasteiger charge is 2.21. The number of aromatic nitrogens is 1. The van der Waals surface area contributed by atoms with Gasteiger partial charge >= 0.3 is 0 Å². The summed E-state index contributed by atoms with van der Waals surface area (Å²) in [6.07, 6.45) is 12.2. The molecule has 100 valence electrons. The van der Waals surface area contributed by atoms with Crippen molar-refractivity contribution in [2.75, 3.05) is 0 Å². The van der Waals surface area contributed by atoms with Gasteiger partial charge in [0, 0.05) is 17.9 Å². The molecule has 1 aliphatic rings. The fraction of sp³-hybridized carbons (Fsp3) is 0.667. The molecule has 0 saturated heterocycles. The molecule has 3 heteroatoms. The van der Waals surface area contributed by atoms with Gasteiger partial charge < -0.3 is 0 Å². The smallest absolute Gasteiger partial charge is 0.0404 e. The van der Waals surface area contributed by atoms with Crippen molar-refractivity contribution in [1.82, 2.24) is 10.4 Å². The number of nitrogens with two attached hydrogens (primary N) is 1. The highest BCUT2D eigenvalue weighted by Crippen LogP contribution is 2.27. The largest absolute Gasteiger partial charge is 0.271 e. The molecule has 2 rings (SSSR count). The summed E-state index contributed by atoms with van der Waals surface area (Å²) in [5, 5.41) is 0. The number of nitrogens with one attached hydrogen (secondary N) is 1. The van der Waals surface area contributed by atoms with Gasteiger partial charge in [0.15, 0.2) is 0 Å². The molecule has 0 amide bonds. The summed E-state index contributed by atoms with van der Waals surface area (Å²) in [6, 6.07) is 6.57. The second-order valence-corrected chi connectivity index (χ2v) is 5.38. The molecule has 3 N–H and O–H groups in total. The molecule has 1 aliphatic carbocycles. The van der Waals surface area contributed by atoms with Crippen LogP contribution in [0.15, 0.2) is 24.4 Å². The van der Waals surface area contributed by atoms with Crippen molar-refractivity contribution in [3.63, 3.8) is 0 Å². The lowest BCUT2D eigenvalue weighted by Crippen LogP contribution is -2.41. The Hall–Kier alpha value is -0.930. The van der Waals surface area contributed by atoms with E-state index in [1.165, 1.54) is 44.2 Å². The van der Waals surface area contributed by atoms with Crippen LogP contribution in [0.2, 0.25) is 0 Å². The monoisotopic (exact) mass is 247 g/mol. The van der Waals surface area contributed by atoms with E-state index in [9.17, 15) is 0 Å². The fourth-order valence-electron chi connectivity index (χ4n) is 3.02. The number of nitrogens with zero attached hydrogens (tertiary/aromatic N) is 1. The van der Waals surface area contributed by atoms with Gasteiger partial charge in [0.25, 0.3) is 0 Å². The Morgan fingerprint density at radius 3 is 2.61 bits per heavy atom. The SMILES string of the molecule is NNC(CCc1ccccn1)C1CCCCCC1. The second kappa shape index (κ2) is 7.49. The number of pyridine rings is 1. The molecule has 1 saturated carbocycles. The highest BCUT2D eigenvalue weighted by atomic mass is 15.2. The lowest BCUT2D eigenvalue weighted by molar-refractivity contribution is 0.307. The maximum atomic E-state index is 5.75. The van der Waals surface area contributed by atoms with E-state index in [0.29, 0.717) is 6.04 Å². The predicted octanol–water partition coefficient (Wildman–Crippen LogP) is 2.82. The zero-order valence-corrected chi connectivity index (χ0v) is 11.1. The first kappa shape index (κ1) is 13.5. The third-order valence-corrected chi connectivity index (χ3v) is 4.12. The molecule has 0 aliphatic heterocycles. The average molecular weight is 247 g/mol. The molecule has 1 heterocycles. The summed E-state index contributed by atoms with van der Waals surface area (Å²) in [5.41, 5.74) is 4.21. The molecule has 3 nitrogen and oxygen atoms in total. The van der Waals surface area contributed by atoms with E-state index in [2.05, 4.69) is 22.5 Å². The Balaban J connectivity index is 1.84. The predicted molar refractivity (Wildman–Crippen MR) is 74.9 cm³/mol. The van der Waals surface area contributed by atoms with Gasteiger partial charge in [-0.2, -0.15) is 0 Å². The van der Waals surface area contributed by atoms with Crippen LogP contribution in [0.4, 0.5) is 0 Å². The van der Waals surface area contributed by atoms with E-state index in [1.54, 1.807) is 0 Å². The van der Waals surface area contributed by atoms with E-state index in [0.717, 1.165) is 18.8 Å². The topological polar surface area (TPSA) is 50.9 Å². The number of hydrazine groups is 1. The average Bonchev–Trinajstić information content (AvgIpc) is 2.70. The van der Waals surface area contributed by atoms with Gasteiger partial charge in [-0.3, -0.25) is 16.3 Å². The molecule has 1 aromatic rings. The van der Waals surface area contributed by atoms with Crippen molar-refractivity contribution in [2.24, 2.45) is 11.8 Å². The maximum Gasteiger partial charge on any atom is 0.0404 e. The van der Waals surface area contributed by atoms with E-state index in [4.69, 9.17) is 5.84 Å². The lowest BCUT2D eigenvalue weighted by Gasteiger charge is -2.25. The van der Waals surface area contributed by atoms with Gasteiger partial charge in [0.2, 0.25) is 0 Å². The Morgan fingerprint density at radius 1 is 1.22 bits per heavy atom. The van der Waals surface area contributed by atoms with Crippen molar-refractivity contribution in [1.29, 1.82) is 0 Å². The molecule has 0 bridgehead atoms. The van der Waals surface area contributed by atoms with Gasteiger partial charge in [-0.15, -0.1) is 0 Å². The van der Waals surface area contributed by atoms with E-state index in [-0.39, 0.29) is 0 Å². The minimum absolute atomic E-state index is 0.449. The zero-order valence-electron chi connectivity index (χ0n) is 11.1. The third-order valence-electron chi connectivity index (χ3n) is 4.12. The summed E-state index contributed by atoms with van der Waals surface area (Å²) in [5.74, 6) is 6.50. The van der Waals surface area contributed by atoms with Crippen molar-refractivity contribution >= 4 is 0 Å². The molecule has 1 unspecified atom stereocenters. The van der Waals surface area contributed by atoms with Crippen LogP contribution < -0.4 is 11.3 Å². The lowest BCUT2D eigenvalue weighted by atomic mass is 9.89. The third kappa shape index (κ3) is 4.07. The number of rotatable bonds is 5. The number of hydrogen-bond donors (Lipinski definition) is 2. The molecule has 1 aromatic heterocycles. The van der Waals surface area contributed by atoms with Gasteiger partial charge in [0.05, 0.1) is 0 Å².